The molecule has 1 aliphatic rings. The predicted octanol–water partition coefficient (Wildman–Crippen LogP) is 3.98. The Morgan fingerprint density at radius 3 is 2.69 bits per heavy atom. The van der Waals surface area contributed by atoms with E-state index in [1.165, 1.54) is 12.1 Å². The Hall–Kier alpha value is -3.10. The summed E-state index contributed by atoms with van der Waals surface area (Å²) in [7, 11) is 0. The van der Waals surface area contributed by atoms with Gasteiger partial charge < -0.3 is 9.26 Å². The van der Waals surface area contributed by atoms with E-state index >= 15 is 0 Å². The lowest BCUT2D eigenvalue weighted by molar-refractivity contribution is -0.00111. The Morgan fingerprint density at radius 2 is 1.90 bits per heavy atom. The van der Waals surface area contributed by atoms with Gasteiger partial charge in [0.15, 0.2) is 5.69 Å². The van der Waals surface area contributed by atoms with Crippen LogP contribution in [0.25, 0.3) is 11.5 Å². The molecule has 7 nitrogen and oxygen atoms in total. The number of nitrogens with zero attached hydrogens (tertiary/aromatic N) is 5. The lowest BCUT2D eigenvalue weighted by Gasteiger charge is -2.24. The smallest absolute Gasteiger partial charge is 0.231 e. The molecule has 0 saturated heterocycles. The second-order valence-corrected chi connectivity index (χ2v) is 7.17. The van der Waals surface area contributed by atoms with Crippen molar-refractivity contribution < 1.29 is 13.7 Å². The van der Waals surface area contributed by atoms with Gasteiger partial charge in [-0.1, -0.05) is 46.2 Å². The van der Waals surface area contributed by atoms with Crippen LogP contribution in [0.15, 0.2) is 53.1 Å². The van der Waals surface area contributed by atoms with E-state index in [2.05, 4.69) is 20.5 Å². The van der Waals surface area contributed by atoms with E-state index < -0.39 is 0 Å². The Morgan fingerprint density at radius 1 is 1.10 bits per heavy atom. The van der Waals surface area contributed by atoms with E-state index in [1.54, 1.807) is 16.8 Å². The van der Waals surface area contributed by atoms with Crippen molar-refractivity contribution in [1.82, 2.24) is 25.1 Å². The van der Waals surface area contributed by atoms with Gasteiger partial charge in [-0.3, -0.25) is 0 Å². The SMILES string of the molecule is Fc1ccc(Cc2nc(-c3nnn4c3CO[C@@H](c3ccc(Cl)cc3)C4)no2)cc1. The normalized spacial score (nSPS) is 16.0. The van der Waals surface area contributed by atoms with Crippen LogP contribution in [0.5, 0.6) is 0 Å². The van der Waals surface area contributed by atoms with Crippen molar-refractivity contribution in [3.63, 3.8) is 0 Å². The number of benzene rings is 2. The van der Waals surface area contributed by atoms with Gasteiger partial charge in [-0.2, -0.15) is 4.98 Å². The molecule has 146 valence electrons. The van der Waals surface area contributed by atoms with Gasteiger partial charge in [-0.25, -0.2) is 9.07 Å². The van der Waals surface area contributed by atoms with Crippen molar-refractivity contribution in [2.24, 2.45) is 0 Å². The Kier molecular flexibility index (Phi) is 4.57. The summed E-state index contributed by atoms with van der Waals surface area (Å²) in [5.41, 5.74) is 3.23. The average molecular weight is 412 g/mol. The van der Waals surface area contributed by atoms with Crippen molar-refractivity contribution in [2.75, 3.05) is 0 Å². The minimum Gasteiger partial charge on any atom is -0.365 e. The molecule has 0 bridgehead atoms. The number of hydrogen-bond acceptors (Lipinski definition) is 6. The molecule has 5 rings (SSSR count). The Bertz CT molecular complexity index is 1140. The van der Waals surface area contributed by atoms with Crippen molar-refractivity contribution in [3.05, 3.63) is 82.1 Å². The summed E-state index contributed by atoms with van der Waals surface area (Å²) in [4.78, 5) is 4.41. The molecule has 0 aliphatic carbocycles. The molecule has 1 aliphatic heterocycles. The lowest BCUT2D eigenvalue weighted by atomic mass is 10.1. The van der Waals surface area contributed by atoms with Crippen LogP contribution in [0.3, 0.4) is 0 Å². The van der Waals surface area contributed by atoms with E-state index in [4.69, 9.17) is 20.9 Å². The van der Waals surface area contributed by atoms with E-state index in [-0.39, 0.29) is 11.9 Å². The van der Waals surface area contributed by atoms with Crippen LogP contribution in [0.1, 0.15) is 28.8 Å². The summed E-state index contributed by atoms with van der Waals surface area (Å²) in [5.74, 6) is 0.494. The van der Waals surface area contributed by atoms with E-state index in [1.807, 2.05) is 24.3 Å². The van der Waals surface area contributed by atoms with E-state index in [0.29, 0.717) is 42.0 Å². The molecule has 2 aromatic heterocycles. The van der Waals surface area contributed by atoms with Gasteiger partial charge >= 0.3 is 0 Å². The highest BCUT2D eigenvalue weighted by Crippen LogP contribution is 2.30. The summed E-state index contributed by atoms with van der Waals surface area (Å²) in [6, 6.07) is 13.7. The maximum absolute atomic E-state index is 13.0. The fourth-order valence-corrected chi connectivity index (χ4v) is 3.39. The number of fused-ring (bicyclic) bond motifs is 1. The topological polar surface area (TPSA) is 78.9 Å². The average Bonchev–Trinajstić information content (AvgIpc) is 3.36. The quantitative estimate of drug-likeness (QED) is 0.505. The van der Waals surface area contributed by atoms with Crippen molar-refractivity contribution in [1.29, 1.82) is 0 Å². The van der Waals surface area contributed by atoms with Gasteiger partial charge in [0.25, 0.3) is 0 Å². The molecule has 3 heterocycles. The van der Waals surface area contributed by atoms with E-state index in [9.17, 15) is 4.39 Å². The highest BCUT2D eigenvalue weighted by atomic mass is 35.5. The summed E-state index contributed by atoms with van der Waals surface area (Å²) >= 11 is 5.95. The first kappa shape index (κ1) is 18.0. The molecule has 0 unspecified atom stereocenters. The highest BCUT2D eigenvalue weighted by Gasteiger charge is 2.27. The Labute approximate surface area is 170 Å². The molecular formula is C20H15ClFN5O2. The fourth-order valence-electron chi connectivity index (χ4n) is 3.26. The predicted molar refractivity (Wildman–Crippen MR) is 102 cm³/mol. The standard InChI is InChI=1S/C20H15ClFN5O2/c21-14-5-3-13(4-6-14)17-10-27-16(11-28-17)19(24-26-27)20-23-18(29-25-20)9-12-1-7-15(22)8-2-12/h1-8,17H,9-11H2/t17-/m1/s1. The number of rotatable bonds is 4. The van der Waals surface area contributed by atoms with Gasteiger partial charge in [0, 0.05) is 5.02 Å². The summed E-state index contributed by atoms with van der Waals surface area (Å²) in [6.07, 6.45) is 0.278. The second kappa shape index (κ2) is 7.38. The lowest BCUT2D eigenvalue weighted by Crippen LogP contribution is -2.22. The fraction of sp³-hybridized carbons (Fsp3) is 0.200. The third-order valence-corrected chi connectivity index (χ3v) is 5.04. The highest BCUT2D eigenvalue weighted by molar-refractivity contribution is 6.30. The number of aromatic nitrogens is 5. The Balaban J connectivity index is 1.34. The largest absolute Gasteiger partial charge is 0.365 e. The number of halogens is 2. The van der Waals surface area contributed by atoms with Crippen LogP contribution in [0.4, 0.5) is 4.39 Å². The van der Waals surface area contributed by atoms with Crippen LogP contribution in [0.2, 0.25) is 5.02 Å². The molecule has 0 N–H and O–H groups in total. The maximum Gasteiger partial charge on any atom is 0.231 e. The van der Waals surface area contributed by atoms with Gasteiger partial charge in [0.05, 0.1) is 25.3 Å². The van der Waals surface area contributed by atoms with Gasteiger partial charge in [0.2, 0.25) is 11.7 Å². The first-order chi connectivity index (χ1) is 14.2. The third kappa shape index (κ3) is 3.64. The van der Waals surface area contributed by atoms with Gasteiger partial charge in [-0.15, -0.1) is 5.10 Å². The zero-order valence-corrected chi connectivity index (χ0v) is 15.9. The zero-order chi connectivity index (χ0) is 19.8. The molecule has 0 spiro atoms. The molecule has 0 radical (unpaired) electrons. The molecule has 1 atom stereocenters. The van der Waals surface area contributed by atoms with Crippen LogP contribution >= 0.6 is 11.6 Å². The summed E-state index contributed by atoms with van der Waals surface area (Å²) in [6.45, 7) is 0.863. The van der Waals surface area contributed by atoms with Crippen molar-refractivity contribution >= 4 is 11.6 Å². The first-order valence-electron chi connectivity index (χ1n) is 9.02. The monoisotopic (exact) mass is 411 g/mol. The van der Waals surface area contributed by atoms with Crippen LogP contribution in [-0.4, -0.2) is 25.1 Å². The minimum atomic E-state index is -0.285. The first-order valence-corrected chi connectivity index (χ1v) is 9.40. The summed E-state index contributed by atoms with van der Waals surface area (Å²) < 4.78 is 26.2. The molecule has 4 aromatic rings. The third-order valence-electron chi connectivity index (χ3n) is 4.79. The van der Waals surface area contributed by atoms with Crippen molar-refractivity contribution in [3.8, 4) is 11.5 Å². The van der Waals surface area contributed by atoms with Crippen molar-refractivity contribution in [2.45, 2.75) is 25.7 Å². The van der Waals surface area contributed by atoms with Crippen LogP contribution < -0.4 is 0 Å². The van der Waals surface area contributed by atoms with Crippen LogP contribution in [-0.2, 0) is 24.3 Å². The molecule has 2 aromatic carbocycles. The molecule has 0 fully saturated rings. The zero-order valence-electron chi connectivity index (χ0n) is 15.1. The minimum absolute atomic E-state index is 0.131. The number of ether oxygens (including phenoxy) is 1. The molecule has 9 heteroatoms. The second-order valence-electron chi connectivity index (χ2n) is 6.73. The van der Waals surface area contributed by atoms with Gasteiger partial charge in [0.1, 0.15) is 11.9 Å². The molecular weight excluding hydrogens is 397 g/mol. The van der Waals surface area contributed by atoms with E-state index in [0.717, 1.165) is 16.8 Å². The number of hydrogen-bond donors (Lipinski definition) is 0. The molecule has 29 heavy (non-hydrogen) atoms. The molecule has 0 saturated carbocycles. The maximum atomic E-state index is 13.0. The summed E-state index contributed by atoms with van der Waals surface area (Å²) in [5, 5.41) is 13.1. The molecule has 0 amide bonds. The van der Waals surface area contributed by atoms with Crippen LogP contribution in [0, 0.1) is 5.82 Å². The van der Waals surface area contributed by atoms with Gasteiger partial charge in [-0.05, 0) is 35.4 Å².